The van der Waals surface area contributed by atoms with Crippen molar-refractivity contribution in [1.82, 2.24) is 9.97 Å². The zero-order valence-corrected chi connectivity index (χ0v) is 13.1. The highest BCUT2D eigenvalue weighted by Crippen LogP contribution is 2.25. The maximum atomic E-state index is 4.39. The van der Waals surface area contributed by atoms with Crippen molar-refractivity contribution in [3.63, 3.8) is 0 Å². The standard InChI is InChI=1S/C16H23N5/c1-5-6-14-15(17-2)18-11-19-16(14)20-12-7-9-13(10-8-12)21(3)4/h7-11H,5-6H2,1-4H3,(H2,17,18,19,20). The highest BCUT2D eigenvalue weighted by Gasteiger charge is 2.10. The third-order valence-electron chi connectivity index (χ3n) is 3.33. The van der Waals surface area contributed by atoms with Crippen LogP contribution in [-0.2, 0) is 6.42 Å². The van der Waals surface area contributed by atoms with Crippen LogP contribution in [0.25, 0.3) is 0 Å². The Morgan fingerprint density at radius 3 is 2.29 bits per heavy atom. The maximum absolute atomic E-state index is 4.39. The van der Waals surface area contributed by atoms with E-state index in [2.05, 4.69) is 56.7 Å². The summed E-state index contributed by atoms with van der Waals surface area (Å²) in [4.78, 5) is 10.8. The largest absolute Gasteiger partial charge is 0.378 e. The Hall–Kier alpha value is -2.30. The summed E-state index contributed by atoms with van der Waals surface area (Å²) < 4.78 is 0. The van der Waals surface area contributed by atoms with E-state index in [0.29, 0.717) is 0 Å². The lowest BCUT2D eigenvalue weighted by Crippen LogP contribution is -2.08. The van der Waals surface area contributed by atoms with Crippen molar-refractivity contribution in [2.75, 3.05) is 36.7 Å². The monoisotopic (exact) mass is 285 g/mol. The third-order valence-corrected chi connectivity index (χ3v) is 3.33. The molecule has 0 atom stereocenters. The van der Waals surface area contributed by atoms with Crippen LogP contribution in [0.5, 0.6) is 0 Å². The smallest absolute Gasteiger partial charge is 0.139 e. The van der Waals surface area contributed by atoms with Crippen LogP contribution in [0.15, 0.2) is 30.6 Å². The highest BCUT2D eigenvalue weighted by molar-refractivity contribution is 5.66. The van der Waals surface area contributed by atoms with Crippen molar-refractivity contribution in [1.29, 1.82) is 0 Å². The van der Waals surface area contributed by atoms with Gasteiger partial charge in [-0.1, -0.05) is 13.3 Å². The van der Waals surface area contributed by atoms with Gasteiger partial charge in [0, 0.05) is 38.1 Å². The fourth-order valence-electron chi connectivity index (χ4n) is 2.20. The summed E-state index contributed by atoms with van der Waals surface area (Å²) in [6.07, 6.45) is 3.58. The first-order valence-electron chi connectivity index (χ1n) is 7.21. The van der Waals surface area contributed by atoms with Crippen LogP contribution in [0.3, 0.4) is 0 Å². The van der Waals surface area contributed by atoms with E-state index < -0.39 is 0 Å². The Kier molecular flexibility index (Phi) is 4.98. The van der Waals surface area contributed by atoms with Gasteiger partial charge in [0.05, 0.1) is 0 Å². The zero-order valence-electron chi connectivity index (χ0n) is 13.1. The Balaban J connectivity index is 2.26. The van der Waals surface area contributed by atoms with E-state index in [9.17, 15) is 0 Å². The molecule has 1 aromatic heterocycles. The number of nitrogens with zero attached hydrogens (tertiary/aromatic N) is 3. The van der Waals surface area contributed by atoms with Gasteiger partial charge in [-0.15, -0.1) is 0 Å². The zero-order chi connectivity index (χ0) is 15.2. The summed E-state index contributed by atoms with van der Waals surface area (Å²) in [5.41, 5.74) is 3.32. The molecule has 0 spiro atoms. The van der Waals surface area contributed by atoms with E-state index in [1.165, 1.54) is 5.69 Å². The molecule has 0 amide bonds. The van der Waals surface area contributed by atoms with Crippen LogP contribution < -0.4 is 15.5 Å². The molecule has 1 heterocycles. The van der Waals surface area contributed by atoms with Crippen LogP contribution in [0.4, 0.5) is 23.0 Å². The minimum Gasteiger partial charge on any atom is -0.378 e. The second-order valence-corrected chi connectivity index (χ2v) is 5.12. The van der Waals surface area contributed by atoms with E-state index in [-0.39, 0.29) is 0 Å². The summed E-state index contributed by atoms with van der Waals surface area (Å²) in [6.45, 7) is 2.15. The van der Waals surface area contributed by atoms with Gasteiger partial charge in [-0.25, -0.2) is 9.97 Å². The minimum atomic E-state index is 0.869. The molecule has 0 aliphatic heterocycles. The molecular weight excluding hydrogens is 262 g/mol. The quantitative estimate of drug-likeness (QED) is 0.853. The van der Waals surface area contributed by atoms with E-state index in [0.717, 1.165) is 35.7 Å². The van der Waals surface area contributed by atoms with Crippen molar-refractivity contribution >= 4 is 23.0 Å². The van der Waals surface area contributed by atoms with Crippen molar-refractivity contribution in [3.05, 3.63) is 36.2 Å². The summed E-state index contributed by atoms with van der Waals surface area (Å²) in [5.74, 6) is 1.76. The summed E-state index contributed by atoms with van der Waals surface area (Å²) in [5, 5.41) is 6.52. The van der Waals surface area contributed by atoms with Crippen LogP contribution >= 0.6 is 0 Å². The van der Waals surface area contributed by atoms with Gasteiger partial charge in [-0.05, 0) is 30.7 Å². The first-order valence-corrected chi connectivity index (χ1v) is 7.21. The van der Waals surface area contributed by atoms with E-state index >= 15 is 0 Å². The molecule has 0 radical (unpaired) electrons. The first kappa shape index (κ1) is 15.1. The van der Waals surface area contributed by atoms with Gasteiger partial charge in [0.2, 0.25) is 0 Å². The topological polar surface area (TPSA) is 53.1 Å². The molecular formula is C16H23N5. The number of hydrogen-bond donors (Lipinski definition) is 2. The van der Waals surface area contributed by atoms with E-state index in [4.69, 9.17) is 0 Å². The van der Waals surface area contributed by atoms with Crippen LogP contribution in [0, 0.1) is 0 Å². The number of nitrogens with one attached hydrogen (secondary N) is 2. The first-order chi connectivity index (χ1) is 10.2. The number of aromatic nitrogens is 2. The highest BCUT2D eigenvalue weighted by atomic mass is 15.1. The number of anilines is 4. The fraction of sp³-hybridized carbons (Fsp3) is 0.375. The van der Waals surface area contributed by atoms with Crippen molar-refractivity contribution in [2.45, 2.75) is 19.8 Å². The lowest BCUT2D eigenvalue weighted by Gasteiger charge is -2.15. The Labute approximate surface area is 126 Å². The van der Waals surface area contributed by atoms with Gasteiger partial charge in [0.25, 0.3) is 0 Å². The Bertz CT molecular complexity index is 578. The predicted octanol–water partition coefficient (Wildman–Crippen LogP) is 3.28. The van der Waals surface area contributed by atoms with Crippen LogP contribution in [-0.4, -0.2) is 31.1 Å². The van der Waals surface area contributed by atoms with Gasteiger partial charge in [-0.3, -0.25) is 0 Å². The molecule has 0 saturated carbocycles. The molecule has 5 nitrogen and oxygen atoms in total. The van der Waals surface area contributed by atoms with Crippen molar-refractivity contribution in [3.8, 4) is 0 Å². The lowest BCUT2D eigenvalue weighted by atomic mass is 10.1. The Morgan fingerprint density at radius 1 is 1.05 bits per heavy atom. The summed E-state index contributed by atoms with van der Waals surface area (Å²) in [6, 6.07) is 8.29. The molecule has 0 aliphatic rings. The molecule has 0 aliphatic carbocycles. The number of hydrogen-bond acceptors (Lipinski definition) is 5. The van der Waals surface area contributed by atoms with Gasteiger partial charge in [0.15, 0.2) is 0 Å². The van der Waals surface area contributed by atoms with Gasteiger partial charge in [0.1, 0.15) is 18.0 Å². The molecule has 5 heteroatoms. The molecule has 0 bridgehead atoms. The summed E-state index contributed by atoms with van der Waals surface area (Å²) in [7, 11) is 5.95. The van der Waals surface area contributed by atoms with Crippen molar-refractivity contribution < 1.29 is 0 Å². The number of rotatable bonds is 6. The van der Waals surface area contributed by atoms with E-state index in [1.807, 2.05) is 21.1 Å². The maximum Gasteiger partial charge on any atom is 0.139 e. The molecule has 21 heavy (non-hydrogen) atoms. The molecule has 1 aromatic carbocycles. The molecule has 0 unspecified atom stereocenters. The average Bonchev–Trinajstić information content (AvgIpc) is 2.49. The molecule has 2 aromatic rings. The Morgan fingerprint density at radius 2 is 1.71 bits per heavy atom. The van der Waals surface area contributed by atoms with Crippen molar-refractivity contribution in [2.24, 2.45) is 0 Å². The molecule has 0 fully saturated rings. The SMILES string of the molecule is CCCc1c(NC)ncnc1Nc1ccc(N(C)C)cc1. The van der Waals surface area contributed by atoms with Gasteiger partial charge < -0.3 is 15.5 Å². The second kappa shape index (κ2) is 6.92. The fourth-order valence-corrected chi connectivity index (χ4v) is 2.20. The lowest BCUT2D eigenvalue weighted by molar-refractivity contribution is 0.905. The third kappa shape index (κ3) is 3.62. The summed E-state index contributed by atoms with van der Waals surface area (Å²) >= 11 is 0. The van der Waals surface area contributed by atoms with Gasteiger partial charge >= 0.3 is 0 Å². The molecule has 112 valence electrons. The molecule has 2 rings (SSSR count). The van der Waals surface area contributed by atoms with Crippen LogP contribution in [0.2, 0.25) is 0 Å². The average molecular weight is 285 g/mol. The molecule has 0 saturated heterocycles. The predicted molar refractivity (Wildman–Crippen MR) is 89.6 cm³/mol. The van der Waals surface area contributed by atoms with Crippen LogP contribution in [0.1, 0.15) is 18.9 Å². The number of benzene rings is 1. The molecule has 2 N–H and O–H groups in total. The van der Waals surface area contributed by atoms with Gasteiger partial charge in [-0.2, -0.15) is 0 Å². The second-order valence-electron chi connectivity index (χ2n) is 5.12. The van der Waals surface area contributed by atoms with E-state index in [1.54, 1.807) is 6.33 Å². The minimum absolute atomic E-state index is 0.869. The normalized spacial score (nSPS) is 10.3.